The van der Waals surface area contributed by atoms with Crippen molar-refractivity contribution in [2.24, 2.45) is 15.0 Å². The average Bonchev–Trinajstić information content (AvgIpc) is 3.21. The summed E-state index contributed by atoms with van der Waals surface area (Å²) < 4.78 is 0. The highest BCUT2D eigenvalue weighted by molar-refractivity contribution is 6.14. The lowest BCUT2D eigenvalue weighted by molar-refractivity contribution is -0.433. The molecule has 6 aromatic rings. The second kappa shape index (κ2) is 13.9. The number of allylic oxidation sites excluding steroid dienone is 1. The standard InChI is InChI=1S/C43H30N8/c44-27-34(45)25-41-35-7-1-2-10-38(35)48-42(51-41)32-19-21-33(22-20-32)43-49-39(30-15-11-28(12-16-30)36-8-3-5-23-46-36)26-40(50-43)31-17-13-29(14-18-31)37-9-4-6-24-47-37/h1-25,39,45H,26H2,(H,48,51)/p+1/b41-25-,45-34?. The van der Waals surface area contributed by atoms with E-state index in [0.29, 0.717) is 12.3 Å². The minimum absolute atomic E-state index is 0.107. The third-order valence-electron chi connectivity index (χ3n) is 8.95. The molecule has 0 radical (unpaired) electrons. The minimum atomic E-state index is -0.129. The number of fused-ring (bicyclic) bond motifs is 1. The zero-order chi connectivity index (χ0) is 34.6. The first kappa shape index (κ1) is 31.3. The van der Waals surface area contributed by atoms with Crippen LogP contribution in [0.3, 0.4) is 0 Å². The number of amidine groups is 2. The van der Waals surface area contributed by atoms with Gasteiger partial charge in [-0.05, 0) is 59.7 Å². The summed E-state index contributed by atoms with van der Waals surface area (Å²) in [5.74, 6) is 1.42. The first-order valence-corrected chi connectivity index (χ1v) is 16.6. The van der Waals surface area contributed by atoms with E-state index < -0.39 is 0 Å². The molecule has 8 nitrogen and oxygen atoms in total. The normalized spacial score (nSPS) is 15.9. The van der Waals surface area contributed by atoms with E-state index in [2.05, 4.69) is 58.5 Å². The largest absolute Gasteiger partial charge is 0.290 e. The molecule has 8 rings (SSSR count). The molecular weight excluding hydrogens is 629 g/mol. The van der Waals surface area contributed by atoms with Gasteiger partial charge in [-0.1, -0.05) is 84.9 Å². The van der Waals surface area contributed by atoms with Crippen molar-refractivity contribution < 1.29 is 5.32 Å². The fraction of sp³-hybridized carbons (Fsp3) is 0.0465. The van der Waals surface area contributed by atoms with E-state index in [9.17, 15) is 5.26 Å². The van der Waals surface area contributed by atoms with Crippen LogP contribution >= 0.6 is 0 Å². The summed E-state index contributed by atoms with van der Waals surface area (Å²) in [5, 5.41) is 19.1. The van der Waals surface area contributed by atoms with Crippen molar-refractivity contribution >= 4 is 34.5 Å². The molecule has 51 heavy (non-hydrogen) atoms. The molecule has 0 bridgehead atoms. The number of benzene rings is 4. The maximum Gasteiger partial charge on any atom is 0.237 e. The second-order valence-corrected chi connectivity index (χ2v) is 12.2. The summed E-state index contributed by atoms with van der Waals surface area (Å²) >= 11 is 0. The van der Waals surface area contributed by atoms with Crippen LogP contribution < -0.4 is 5.32 Å². The van der Waals surface area contributed by atoms with Crippen LogP contribution in [0.15, 0.2) is 167 Å². The predicted molar refractivity (Wildman–Crippen MR) is 202 cm³/mol. The van der Waals surface area contributed by atoms with Gasteiger partial charge >= 0.3 is 0 Å². The van der Waals surface area contributed by atoms with Gasteiger partial charge in [0.1, 0.15) is 17.5 Å². The van der Waals surface area contributed by atoms with Crippen LogP contribution in [-0.2, 0) is 0 Å². The van der Waals surface area contributed by atoms with Gasteiger partial charge in [0.2, 0.25) is 5.84 Å². The van der Waals surface area contributed by atoms with E-state index >= 15 is 0 Å². The van der Waals surface area contributed by atoms with Crippen molar-refractivity contribution in [2.45, 2.75) is 12.5 Å². The number of aliphatic imine (C=N–C) groups is 3. The topological polar surface area (TPSA) is 127 Å². The summed E-state index contributed by atoms with van der Waals surface area (Å²) in [6.07, 6.45) is 5.86. The Labute approximate surface area is 295 Å². The summed E-state index contributed by atoms with van der Waals surface area (Å²) in [6.45, 7) is 0. The fourth-order valence-electron chi connectivity index (χ4n) is 6.32. The van der Waals surface area contributed by atoms with Gasteiger partial charge in [-0.2, -0.15) is 10.3 Å². The minimum Gasteiger partial charge on any atom is -0.290 e. The van der Waals surface area contributed by atoms with Crippen LogP contribution in [-0.4, -0.2) is 33.1 Å². The zero-order valence-electron chi connectivity index (χ0n) is 27.5. The highest BCUT2D eigenvalue weighted by Crippen LogP contribution is 2.32. The van der Waals surface area contributed by atoms with E-state index in [1.54, 1.807) is 12.3 Å². The SMILES string of the molecule is N#CC(=N)/C=C1\[NH2+]C(c2ccc(C3=NC(c4ccc(-c5ccccn5)cc4)CC(c4ccc(-c5ccccn5)cc4)=N3)cc2)=Nc2ccccc21. The predicted octanol–water partition coefficient (Wildman–Crippen LogP) is 7.73. The Morgan fingerprint density at radius 3 is 1.90 bits per heavy atom. The van der Waals surface area contributed by atoms with E-state index in [1.165, 1.54) is 0 Å². The van der Waals surface area contributed by atoms with Crippen LogP contribution in [0.2, 0.25) is 0 Å². The molecule has 0 amide bonds. The lowest BCUT2D eigenvalue weighted by Gasteiger charge is -2.22. The van der Waals surface area contributed by atoms with Crippen molar-refractivity contribution in [3.8, 4) is 28.6 Å². The van der Waals surface area contributed by atoms with E-state index in [4.69, 9.17) is 20.4 Å². The molecule has 0 saturated carbocycles. The van der Waals surface area contributed by atoms with Crippen molar-refractivity contribution in [1.82, 2.24) is 9.97 Å². The third kappa shape index (κ3) is 6.70. The molecule has 0 spiro atoms. The number of hydrogen-bond donors (Lipinski definition) is 2. The third-order valence-corrected chi connectivity index (χ3v) is 8.95. The van der Waals surface area contributed by atoms with Gasteiger partial charge in [0.25, 0.3) is 0 Å². The van der Waals surface area contributed by atoms with Gasteiger partial charge in [0.15, 0.2) is 5.84 Å². The molecule has 4 aromatic carbocycles. The van der Waals surface area contributed by atoms with Crippen LogP contribution in [0.4, 0.5) is 5.69 Å². The summed E-state index contributed by atoms with van der Waals surface area (Å²) in [6, 6.07) is 46.4. The molecule has 3 N–H and O–H groups in total. The molecule has 1 unspecified atom stereocenters. The molecule has 8 heteroatoms. The first-order valence-electron chi connectivity index (χ1n) is 16.6. The number of nitrogens with zero attached hydrogens (tertiary/aromatic N) is 6. The molecule has 0 aliphatic carbocycles. The van der Waals surface area contributed by atoms with Gasteiger partial charge in [0, 0.05) is 41.6 Å². The van der Waals surface area contributed by atoms with Crippen molar-refractivity contribution in [1.29, 1.82) is 10.7 Å². The number of nitriles is 1. The lowest BCUT2D eigenvalue weighted by atomic mass is 9.94. The van der Waals surface area contributed by atoms with Gasteiger partial charge in [0.05, 0.1) is 40.0 Å². The average molecular weight is 660 g/mol. The number of pyridine rings is 2. The smallest absolute Gasteiger partial charge is 0.237 e. The molecule has 0 fully saturated rings. The summed E-state index contributed by atoms with van der Waals surface area (Å²) in [5.41, 5.74) is 11.3. The van der Waals surface area contributed by atoms with Crippen molar-refractivity contribution in [2.75, 3.05) is 0 Å². The Balaban J connectivity index is 1.13. The Bertz CT molecular complexity index is 2400. The molecule has 2 aromatic heterocycles. The van der Waals surface area contributed by atoms with Crippen LogP contribution in [0.25, 0.3) is 28.2 Å². The number of quaternary nitrogens is 1. The molecule has 4 heterocycles. The summed E-state index contributed by atoms with van der Waals surface area (Å²) in [4.78, 5) is 24.2. The first-order chi connectivity index (χ1) is 25.1. The van der Waals surface area contributed by atoms with Gasteiger partial charge in [-0.3, -0.25) is 25.7 Å². The number of nitrogens with one attached hydrogen (secondary N) is 1. The highest BCUT2D eigenvalue weighted by atomic mass is 15.0. The number of aromatic nitrogens is 2. The van der Waals surface area contributed by atoms with Crippen LogP contribution in [0.5, 0.6) is 0 Å². The van der Waals surface area contributed by atoms with E-state index in [1.807, 2.05) is 103 Å². The second-order valence-electron chi connectivity index (χ2n) is 12.2. The molecule has 2 aliphatic heterocycles. The number of rotatable bonds is 7. The lowest BCUT2D eigenvalue weighted by Crippen LogP contribution is -2.86. The Hall–Kier alpha value is -6.95. The molecule has 0 saturated heterocycles. The quantitative estimate of drug-likeness (QED) is 0.170. The number of para-hydroxylation sites is 1. The monoisotopic (exact) mass is 659 g/mol. The van der Waals surface area contributed by atoms with Crippen molar-refractivity contribution in [3.05, 3.63) is 180 Å². The summed E-state index contributed by atoms with van der Waals surface area (Å²) in [7, 11) is 0. The van der Waals surface area contributed by atoms with Crippen molar-refractivity contribution in [3.63, 3.8) is 0 Å². The van der Waals surface area contributed by atoms with Gasteiger partial charge < -0.3 is 0 Å². The Kier molecular flexibility index (Phi) is 8.53. The highest BCUT2D eigenvalue weighted by Gasteiger charge is 2.25. The Morgan fingerprint density at radius 1 is 0.667 bits per heavy atom. The Morgan fingerprint density at radius 2 is 1.25 bits per heavy atom. The van der Waals surface area contributed by atoms with Crippen LogP contribution in [0, 0.1) is 16.7 Å². The van der Waals surface area contributed by atoms with E-state index in [0.717, 1.165) is 73.3 Å². The van der Waals surface area contributed by atoms with Crippen LogP contribution in [0.1, 0.15) is 40.3 Å². The number of hydrogen-bond acceptors (Lipinski definition) is 7. The zero-order valence-corrected chi connectivity index (χ0v) is 27.5. The molecule has 2 aliphatic rings. The maximum absolute atomic E-state index is 9.26. The molecule has 1 atom stereocenters. The van der Waals surface area contributed by atoms with E-state index in [-0.39, 0.29) is 11.8 Å². The maximum atomic E-state index is 9.26. The fourth-order valence-corrected chi connectivity index (χ4v) is 6.32. The number of nitrogens with two attached hydrogens (primary N) is 1. The molecular formula is C43H31N8+. The van der Waals surface area contributed by atoms with Gasteiger partial charge in [-0.25, -0.2) is 4.99 Å². The molecule has 242 valence electrons. The van der Waals surface area contributed by atoms with Gasteiger partial charge in [-0.15, -0.1) is 0 Å².